The molecule has 0 amide bonds. The topological polar surface area (TPSA) is 43.4 Å². The van der Waals surface area contributed by atoms with Crippen LogP contribution in [0.25, 0.3) is 0 Å². The van der Waals surface area contributed by atoms with Crippen LogP contribution < -0.4 is 0 Å². The highest BCUT2D eigenvalue weighted by atomic mass is 35.5. The van der Waals surface area contributed by atoms with Gasteiger partial charge in [0, 0.05) is 5.41 Å². The molecular formula is C10H13ClO3. The molecule has 1 unspecified atom stereocenters. The van der Waals surface area contributed by atoms with E-state index in [4.69, 9.17) is 16.3 Å². The van der Waals surface area contributed by atoms with Crippen LogP contribution in [0.3, 0.4) is 0 Å². The number of carbonyl (C=O) groups is 2. The van der Waals surface area contributed by atoms with Gasteiger partial charge in [-0.05, 0) is 19.8 Å². The summed E-state index contributed by atoms with van der Waals surface area (Å²) in [6, 6.07) is 0. The van der Waals surface area contributed by atoms with Crippen LogP contribution in [0.4, 0.5) is 0 Å². The Kier molecular flexibility index (Phi) is 1.65. The Hall–Kier alpha value is -0.570. The van der Waals surface area contributed by atoms with Crippen LogP contribution in [0, 0.1) is 10.8 Å². The summed E-state index contributed by atoms with van der Waals surface area (Å²) in [6.45, 7) is 5.56. The number of carbonyl (C=O) groups excluding carboxylic acids is 2. The molecule has 0 radical (unpaired) electrons. The summed E-state index contributed by atoms with van der Waals surface area (Å²) in [4.78, 5) is 22.2. The molecular weight excluding hydrogens is 204 g/mol. The first-order chi connectivity index (χ1) is 6.26. The fourth-order valence-corrected chi connectivity index (χ4v) is 2.82. The van der Waals surface area contributed by atoms with Gasteiger partial charge in [0.1, 0.15) is 4.87 Å². The van der Waals surface area contributed by atoms with Crippen molar-refractivity contribution in [1.29, 1.82) is 0 Å². The zero-order valence-electron chi connectivity index (χ0n) is 8.52. The minimum atomic E-state index is -1.02. The second kappa shape index (κ2) is 2.32. The molecule has 14 heavy (non-hydrogen) atoms. The molecule has 0 N–H and O–H groups in total. The highest BCUT2D eigenvalue weighted by Crippen LogP contribution is 2.64. The molecule has 1 saturated heterocycles. The first kappa shape index (κ1) is 9.97. The van der Waals surface area contributed by atoms with Crippen LogP contribution in [0.15, 0.2) is 0 Å². The fourth-order valence-electron chi connectivity index (χ4n) is 2.48. The van der Waals surface area contributed by atoms with E-state index in [1.54, 1.807) is 0 Å². The van der Waals surface area contributed by atoms with Gasteiger partial charge in [0.15, 0.2) is 0 Å². The molecule has 2 aliphatic rings. The lowest BCUT2D eigenvalue weighted by Crippen LogP contribution is -2.57. The molecule has 1 aliphatic carbocycles. The molecule has 0 aromatic heterocycles. The van der Waals surface area contributed by atoms with Crippen LogP contribution in [-0.4, -0.2) is 16.8 Å². The maximum absolute atomic E-state index is 11.6. The van der Waals surface area contributed by atoms with Gasteiger partial charge in [-0.3, -0.25) is 4.79 Å². The van der Waals surface area contributed by atoms with Gasteiger partial charge >= 0.3 is 11.9 Å². The van der Waals surface area contributed by atoms with Gasteiger partial charge in [0.25, 0.3) is 0 Å². The molecule has 0 spiro atoms. The largest absolute Gasteiger partial charge is 0.391 e. The van der Waals surface area contributed by atoms with E-state index < -0.39 is 27.6 Å². The molecule has 2 fully saturated rings. The second-order valence-electron chi connectivity index (χ2n) is 4.94. The summed E-state index contributed by atoms with van der Waals surface area (Å²) in [5.41, 5.74) is -1.16. The summed E-state index contributed by atoms with van der Waals surface area (Å²) < 4.78 is 4.71. The number of alkyl halides is 1. The number of fused-ring (bicyclic) bond motifs is 2. The van der Waals surface area contributed by atoms with Crippen molar-refractivity contribution in [2.75, 3.05) is 0 Å². The first-order valence-corrected chi connectivity index (χ1v) is 5.09. The molecule has 2 bridgehead atoms. The van der Waals surface area contributed by atoms with Crippen molar-refractivity contribution in [1.82, 2.24) is 0 Å². The van der Waals surface area contributed by atoms with Crippen LogP contribution >= 0.6 is 11.6 Å². The number of halogens is 1. The Labute approximate surface area is 87.8 Å². The van der Waals surface area contributed by atoms with Crippen molar-refractivity contribution < 1.29 is 14.3 Å². The third-order valence-electron chi connectivity index (χ3n) is 4.30. The minimum absolute atomic E-state index is 0.429. The highest BCUT2D eigenvalue weighted by Gasteiger charge is 2.71. The van der Waals surface area contributed by atoms with E-state index in [9.17, 15) is 9.59 Å². The number of esters is 2. The van der Waals surface area contributed by atoms with E-state index in [2.05, 4.69) is 0 Å². The Morgan fingerprint density at radius 2 is 1.71 bits per heavy atom. The Morgan fingerprint density at radius 1 is 1.14 bits per heavy atom. The molecule has 3 nitrogen and oxygen atoms in total. The third kappa shape index (κ3) is 0.761. The zero-order valence-corrected chi connectivity index (χ0v) is 9.27. The molecule has 1 saturated carbocycles. The standard InChI is InChI=1S/C10H13ClO3/c1-8(2)9(3)4-5-10(8,11)7(13)14-6(9)12/h4-5H2,1-3H3/t9?,10-/m0/s1. The normalized spacial score (nSPS) is 45.1. The van der Waals surface area contributed by atoms with Crippen molar-refractivity contribution in [2.24, 2.45) is 10.8 Å². The summed E-state index contributed by atoms with van der Waals surface area (Å²) in [5, 5.41) is 0. The predicted molar refractivity (Wildman–Crippen MR) is 50.8 cm³/mol. The van der Waals surface area contributed by atoms with Crippen LogP contribution in [0.5, 0.6) is 0 Å². The molecule has 0 aromatic rings. The predicted octanol–water partition coefficient (Wildman–Crippen LogP) is 1.87. The van der Waals surface area contributed by atoms with Crippen LogP contribution in [-0.2, 0) is 14.3 Å². The van der Waals surface area contributed by atoms with Crippen molar-refractivity contribution >= 4 is 23.5 Å². The number of cyclic esters (lactones) is 2. The Balaban J connectivity index is 2.61. The Bertz CT molecular complexity index is 306. The smallest absolute Gasteiger partial charge is 0.335 e. The fraction of sp³-hybridized carbons (Fsp3) is 0.800. The summed E-state index contributed by atoms with van der Waals surface area (Å²) in [6.07, 6.45) is 1.14. The summed E-state index contributed by atoms with van der Waals surface area (Å²) >= 11 is 6.27. The van der Waals surface area contributed by atoms with E-state index in [0.29, 0.717) is 12.8 Å². The lowest BCUT2D eigenvalue weighted by molar-refractivity contribution is -0.182. The van der Waals surface area contributed by atoms with E-state index in [1.807, 2.05) is 20.8 Å². The monoisotopic (exact) mass is 216 g/mol. The maximum Gasteiger partial charge on any atom is 0.335 e. The first-order valence-electron chi connectivity index (χ1n) is 4.71. The SMILES string of the molecule is CC12CC[C@](Cl)(C(=O)OC1=O)C2(C)C. The van der Waals surface area contributed by atoms with E-state index >= 15 is 0 Å². The summed E-state index contributed by atoms with van der Waals surface area (Å²) in [5.74, 6) is -1.01. The highest BCUT2D eigenvalue weighted by molar-refractivity contribution is 6.36. The maximum atomic E-state index is 11.6. The van der Waals surface area contributed by atoms with Crippen LogP contribution in [0.2, 0.25) is 0 Å². The lowest BCUT2D eigenvalue weighted by Gasteiger charge is -2.45. The van der Waals surface area contributed by atoms with Gasteiger partial charge in [-0.1, -0.05) is 13.8 Å². The summed E-state index contributed by atoms with van der Waals surface area (Å²) in [7, 11) is 0. The third-order valence-corrected chi connectivity index (χ3v) is 5.11. The zero-order chi connectivity index (χ0) is 10.8. The van der Waals surface area contributed by atoms with Gasteiger partial charge in [-0.2, -0.15) is 0 Å². The average molecular weight is 217 g/mol. The molecule has 2 atom stereocenters. The van der Waals surface area contributed by atoms with Crippen molar-refractivity contribution in [3.63, 3.8) is 0 Å². The van der Waals surface area contributed by atoms with E-state index in [0.717, 1.165) is 0 Å². The van der Waals surface area contributed by atoms with Gasteiger partial charge in [0.05, 0.1) is 5.41 Å². The lowest BCUT2D eigenvalue weighted by atomic mass is 9.64. The van der Waals surface area contributed by atoms with Gasteiger partial charge in [-0.25, -0.2) is 4.79 Å². The van der Waals surface area contributed by atoms with Gasteiger partial charge in [-0.15, -0.1) is 11.6 Å². The van der Waals surface area contributed by atoms with Gasteiger partial charge < -0.3 is 4.74 Å². The second-order valence-corrected chi connectivity index (χ2v) is 5.58. The molecule has 78 valence electrons. The van der Waals surface area contributed by atoms with Crippen molar-refractivity contribution in [3.05, 3.63) is 0 Å². The quantitative estimate of drug-likeness (QED) is 0.353. The molecule has 0 aromatic carbocycles. The van der Waals surface area contributed by atoms with E-state index in [1.165, 1.54) is 0 Å². The number of ether oxygens (including phenoxy) is 1. The molecule has 4 heteroatoms. The number of rotatable bonds is 0. The molecule has 1 heterocycles. The Morgan fingerprint density at radius 3 is 2.29 bits per heavy atom. The minimum Gasteiger partial charge on any atom is -0.391 e. The average Bonchev–Trinajstić information content (AvgIpc) is 2.21. The molecule has 2 rings (SSSR count). The number of hydrogen-bond donors (Lipinski definition) is 0. The van der Waals surface area contributed by atoms with Gasteiger partial charge in [0.2, 0.25) is 0 Å². The van der Waals surface area contributed by atoms with Crippen LogP contribution in [0.1, 0.15) is 33.6 Å². The molecule has 1 aliphatic heterocycles. The van der Waals surface area contributed by atoms with E-state index in [-0.39, 0.29) is 0 Å². The van der Waals surface area contributed by atoms with Crippen molar-refractivity contribution in [2.45, 2.75) is 38.5 Å². The van der Waals surface area contributed by atoms with Crippen molar-refractivity contribution in [3.8, 4) is 0 Å². The number of hydrogen-bond acceptors (Lipinski definition) is 3.